The molecule has 1 fully saturated rings. The molecule has 2 aliphatic heterocycles. The van der Waals surface area contributed by atoms with Crippen molar-refractivity contribution in [2.75, 3.05) is 18.0 Å². The number of hydrogen-bond donors (Lipinski definition) is 0. The SMILES string of the molecule is CCCc1cc(N2CC[C@H]3[C@H](C2)OCc2cnnn23)nc(C)n1. The van der Waals surface area contributed by atoms with E-state index in [4.69, 9.17) is 4.74 Å². The molecule has 0 spiro atoms. The fourth-order valence-corrected chi connectivity index (χ4v) is 3.55. The molecule has 4 heterocycles. The summed E-state index contributed by atoms with van der Waals surface area (Å²) >= 11 is 0. The topological polar surface area (TPSA) is 69.0 Å². The van der Waals surface area contributed by atoms with E-state index in [9.17, 15) is 0 Å². The highest BCUT2D eigenvalue weighted by molar-refractivity contribution is 5.41. The number of nitrogens with zero attached hydrogens (tertiary/aromatic N) is 6. The van der Waals surface area contributed by atoms with Gasteiger partial charge in [0.2, 0.25) is 0 Å². The van der Waals surface area contributed by atoms with Crippen molar-refractivity contribution >= 4 is 5.82 Å². The molecular weight excluding hydrogens is 292 g/mol. The maximum absolute atomic E-state index is 6.04. The monoisotopic (exact) mass is 314 g/mol. The van der Waals surface area contributed by atoms with Gasteiger partial charge in [0.15, 0.2) is 0 Å². The largest absolute Gasteiger partial charge is 0.368 e. The maximum Gasteiger partial charge on any atom is 0.132 e. The van der Waals surface area contributed by atoms with Crippen molar-refractivity contribution < 1.29 is 4.74 Å². The van der Waals surface area contributed by atoms with Crippen molar-refractivity contribution in [3.05, 3.63) is 29.5 Å². The summed E-state index contributed by atoms with van der Waals surface area (Å²) in [6.45, 7) is 6.52. The highest BCUT2D eigenvalue weighted by Gasteiger charge is 2.36. The first-order valence-corrected chi connectivity index (χ1v) is 8.34. The highest BCUT2D eigenvalue weighted by Crippen LogP contribution is 2.32. The minimum Gasteiger partial charge on any atom is -0.368 e. The second-order valence-corrected chi connectivity index (χ2v) is 6.34. The molecule has 23 heavy (non-hydrogen) atoms. The Kier molecular flexibility index (Phi) is 3.72. The normalized spacial score (nSPS) is 23.5. The lowest BCUT2D eigenvalue weighted by atomic mass is 10.00. The Balaban J connectivity index is 1.55. The summed E-state index contributed by atoms with van der Waals surface area (Å²) in [7, 11) is 0. The Morgan fingerprint density at radius 3 is 3.13 bits per heavy atom. The standard InChI is InChI=1S/C16H22N6O/c1-3-4-12-7-16(19-11(2)18-12)21-6-5-14-15(9-21)23-10-13-8-17-20-22(13)14/h7-8,14-15H,3-6,9-10H2,1-2H3/t14-,15-/m0/s1. The molecular formula is C16H22N6O. The highest BCUT2D eigenvalue weighted by atomic mass is 16.5. The molecule has 2 aromatic heterocycles. The summed E-state index contributed by atoms with van der Waals surface area (Å²) < 4.78 is 8.08. The molecule has 2 atom stereocenters. The third-order valence-corrected chi connectivity index (χ3v) is 4.64. The van der Waals surface area contributed by atoms with Crippen LogP contribution in [0.5, 0.6) is 0 Å². The first-order chi connectivity index (χ1) is 11.2. The van der Waals surface area contributed by atoms with Gasteiger partial charge in [0.05, 0.1) is 30.6 Å². The van der Waals surface area contributed by atoms with E-state index in [0.717, 1.165) is 55.4 Å². The van der Waals surface area contributed by atoms with Gasteiger partial charge >= 0.3 is 0 Å². The molecule has 0 amide bonds. The smallest absolute Gasteiger partial charge is 0.132 e. The molecule has 0 aromatic carbocycles. The van der Waals surface area contributed by atoms with E-state index in [1.807, 2.05) is 11.6 Å². The first kappa shape index (κ1) is 14.6. The molecule has 122 valence electrons. The van der Waals surface area contributed by atoms with E-state index in [-0.39, 0.29) is 12.1 Å². The van der Waals surface area contributed by atoms with Crippen molar-refractivity contribution in [1.29, 1.82) is 0 Å². The fraction of sp³-hybridized carbons (Fsp3) is 0.625. The van der Waals surface area contributed by atoms with E-state index in [2.05, 4.69) is 38.2 Å². The predicted octanol–water partition coefficient (Wildman–Crippen LogP) is 1.68. The predicted molar refractivity (Wildman–Crippen MR) is 85.2 cm³/mol. The average Bonchev–Trinajstić information content (AvgIpc) is 3.03. The lowest BCUT2D eigenvalue weighted by Crippen LogP contribution is -2.49. The summed E-state index contributed by atoms with van der Waals surface area (Å²) in [6.07, 6.45) is 5.02. The molecule has 0 saturated carbocycles. The van der Waals surface area contributed by atoms with Gasteiger partial charge in [0.25, 0.3) is 0 Å². The van der Waals surface area contributed by atoms with Gasteiger partial charge < -0.3 is 9.64 Å². The minimum atomic E-state index is 0.142. The molecule has 1 saturated heterocycles. The molecule has 2 aromatic rings. The molecule has 0 aliphatic carbocycles. The van der Waals surface area contributed by atoms with Crippen LogP contribution in [-0.4, -0.2) is 44.2 Å². The Labute approximate surface area is 135 Å². The van der Waals surface area contributed by atoms with E-state index >= 15 is 0 Å². The molecule has 0 bridgehead atoms. The Morgan fingerprint density at radius 2 is 2.26 bits per heavy atom. The van der Waals surface area contributed by atoms with Crippen LogP contribution < -0.4 is 4.90 Å². The van der Waals surface area contributed by atoms with Crippen LogP contribution in [0.2, 0.25) is 0 Å². The van der Waals surface area contributed by atoms with Gasteiger partial charge in [-0.05, 0) is 19.8 Å². The molecule has 0 N–H and O–H groups in total. The number of anilines is 1. The maximum atomic E-state index is 6.04. The molecule has 0 unspecified atom stereocenters. The van der Waals surface area contributed by atoms with Crippen molar-refractivity contribution in [1.82, 2.24) is 25.0 Å². The number of aromatic nitrogens is 5. The van der Waals surface area contributed by atoms with E-state index < -0.39 is 0 Å². The molecule has 7 heteroatoms. The summed E-state index contributed by atoms with van der Waals surface area (Å²) in [5, 5.41) is 8.25. The number of rotatable bonds is 3. The third-order valence-electron chi connectivity index (χ3n) is 4.64. The lowest BCUT2D eigenvalue weighted by molar-refractivity contribution is -0.0335. The molecule has 7 nitrogen and oxygen atoms in total. The Hall–Kier alpha value is -2.02. The van der Waals surface area contributed by atoms with Crippen LogP contribution in [0.3, 0.4) is 0 Å². The second-order valence-electron chi connectivity index (χ2n) is 6.34. The van der Waals surface area contributed by atoms with Gasteiger partial charge in [0, 0.05) is 24.8 Å². The van der Waals surface area contributed by atoms with Crippen LogP contribution in [0.15, 0.2) is 12.3 Å². The van der Waals surface area contributed by atoms with Crippen LogP contribution in [0.4, 0.5) is 5.82 Å². The van der Waals surface area contributed by atoms with Gasteiger partial charge in [-0.3, -0.25) is 0 Å². The molecule has 2 aliphatic rings. The fourth-order valence-electron chi connectivity index (χ4n) is 3.55. The quantitative estimate of drug-likeness (QED) is 0.858. The zero-order valence-corrected chi connectivity index (χ0v) is 13.6. The van der Waals surface area contributed by atoms with Crippen molar-refractivity contribution in [3.8, 4) is 0 Å². The van der Waals surface area contributed by atoms with Gasteiger partial charge in [-0.2, -0.15) is 0 Å². The van der Waals surface area contributed by atoms with Gasteiger partial charge in [0.1, 0.15) is 11.6 Å². The van der Waals surface area contributed by atoms with E-state index in [0.29, 0.717) is 6.61 Å². The van der Waals surface area contributed by atoms with Crippen molar-refractivity contribution in [3.63, 3.8) is 0 Å². The summed E-state index contributed by atoms with van der Waals surface area (Å²) in [5.41, 5.74) is 2.20. The summed E-state index contributed by atoms with van der Waals surface area (Å²) in [4.78, 5) is 11.5. The number of hydrogen-bond acceptors (Lipinski definition) is 6. The zero-order valence-electron chi connectivity index (χ0n) is 13.6. The number of ether oxygens (including phenoxy) is 1. The van der Waals surface area contributed by atoms with Gasteiger partial charge in [-0.25, -0.2) is 14.6 Å². The van der Waals surface area contributed by atoms with Gasteiger partial charge in [-0.15, -0.1) is 5.10 Å². The lowest BCUT2D eigenvalue weighted by Gasteiger charge is -2.41. The second kappa shape index (κ2) is 5.88. The number of piperidine rings is 1. The Bertz CT molecular complexity index is 700. The van der Waals surface area contributed by atoms with Crippen molar-refractivity contribution in [2.45, 2.75) is 51.9 Å². The third kappa shape index (κ3) is 2.69. The van der Waals surface area contributed by atoms with E-state index in [1.54, 1.807) is 6.20 Å². The van der Waals surface area contributed by atoms with Crippen LogP contribution >= 0.6 is 0 Å². The minimum absolute atomic E-state index is 0.142. The molecule has 4 rings (SSSR count). The zero-order chi connectivity index (χ0) is 15.8. The summed E-state index contributed by atoms with van der Waals surface area (Å²) in [5.74, 6) is 1.86. The van der Waals surface area contributed by atoms with Crippen LogP contribution in [0.25, 0.3) is 0 Å². The van der Waals surface area contributed by atoms with Crippen LogP contribution in [-0.2, 0) is 17.8 Å². The average molecular weight is 314 g/mol. The molecule has 0 radical (unpaired) electrons. The van der Waals surface area contributed by atoms with Crippen LogP contribution in [0.1, 0.15) is 43.0 Å². The first-order valence-electron chi connectivity index (χ1n) is 8.34. The summed E-state index contributed by atoms with van der Waals surface area (Å²) in [6, 6.07) is 2.41. The number of aryl methyl sites for hydroxylation is 2. The van der Waals surface area contributed by atoms with Crippen LogP contribution in [0, 0.1) is 6.92 Å². The Morgan fingerprint density at radius 1 is 1.35 bits per heavy atom. The van der Waals surface area contributed by atoms with Gasteiger partial charge in [-0.1, -0.05) is 18.6 Å². The number of fused-ring (bicyclic) bond motifs is 3. The van der Waals surface area contributed by atoms with Crippen molar-refractivity contribution in [2.24, 2.45) is 0 Å². The van der Waals surface area contributed by atoms with E-state index in [1.165, 1.54) is 0 Å².